The van der Waals surface area contributed by atoms with Crippen LogP contribution in [0.3, 0.4) is 0 Å². The molecule has 3 aromatic heterocycles. The summed E-state index contributed by atoms with van der Waals surface area (Å²) in [7, 11) is 6.07. The average molecular weight is 921 g/mol. The van der Waals surface area contributed by atoms with Crippen LogP contribution >= 0.6 is 0 Å². The van der Waals surface area contributed by atoms with Crippen molar-refractivity contribution in [1.29, 1.82) is 0 Å². The number of hydrogen-bond acceptors (Lipinski definition) is 6. The SMILES string of the molecule is C=C1CN(Cc2ccc(OC)cc2OC)C(=O)c2c(-c3ccc(F)c(C(F)(F)F)c3)ccn21.COc1ccc(Cn2cc(C)n3ccc(-c4ccc(F)c(C(F)(F)F)c4)c3c2=O)c(OC)c1. The zero-order valence-electron chi connectivity index (χ0n) is 35.9. The van der Waals surface area contributed by atoms with Gasteiger partial charge in [0, 0.05) is 64.4 Å². The number of ether oxygens (including phenoxy) is 4. The number of carbonyl (C=O) groups excluding carboxylic acids is 1. The van der Waals surface area contributed by atoms with Crippen LogP contribution in [0, 0.1) is 18.6 Å². The summed E-state index contributed by atoms with van der Waals surface area (Å²) in [6.07, 6.45) is -4.86. The van der Waals surface area contributed by atoms with Gasteiger partial charge < -0.3 is 37.4 Å². The largest absolute Gasteiger partial charge is 0.497 e. The lowest BCUT2D eigenvalue weighted by Gasteiger charge is -2.31. The summed E-state index contributed by atoms with van der Waals surface area (Å²) >= 11 is 0. The van der Waals surface area contributed by atoms with Crippen molar-refractivity contribution < 1.29 is 58.9 Å². The van der Waals surface area contributed by atoms with Crippen LogP contribution in [-0.4, -0.2) is 59.3 Å². The van der Waals surface area contributed by atoms with Crippen LogP contribution in [0.5, 0.6) is 23.0 Å². The van der Waals surface area contributed by atoms with Crippen LogP contribution in [0.2, 0.25) is 0 Å². The van der Waals surface area contributed by atoms with E-state index < -0.39 is 46.6 Å². The highest BCUT2D eigenvalue weighted by atomic mass is 19.4. The van der Waals surface area contributed by atoms with Crippen molar-refractivity contribution in [3.05, 3.63) is 166 Å². The van der Waals surface area contributed by atoms with E-state index in [4.69, 9.17) is 18.9 Å². The van der Waals surface area contributed by atoms with E-state index in [1.165, 1.54) is 56.1 Å². The van der Waals surface area contributed by atoms with Crippen LogP contribution in [0.25, 0.3) is 33.5 Å². The predicted molar refractivity (Wildman–Crippen MR) is 230 cm³/mol. The number of fused-ring (bicyclic) bond motifs is 2. The molecule has 0 atom stereocenters. The van der Waals surface area contributed by atoms with Crippen LogP contribution in [-0.2, 0) is 25.4 Å². The van der Waals surface area contributed by atoms with Crippen LogP contribution in [0.4, 0.5) is 35.1 Å². The third-order valence-electron chi connectivity index (χ3n) is 11.0. The summed E-state index contributed by atoms with van der Waals surface area (Å²) < 4.78 is 133. The zero-order valence-corrected chi connectivity index (χ0v) is 35.9. The Morgan fingerprint density at radius 3 is 1.67 bits per heavy atom. The minimum atomic E-state index is -4.86. The van der Waals surface area contributed by atoms with Gasteiger partial charge in [-0.25, -0.2) is 8.78 Å². The smallest absolute Gasteiger partial charge is 0.419 e. The molecular weight excluding hydrogens is 881 g/mol. The average Bonchev–Trinajstić information content (AvgIpc) is 3.94. The molecule has 0 unspecified atom stereocenters. The first kappa shape index (κ1) is 46.5. The minimum Gasteiger partial charge on any atom is -0.497 e. The van der Waals surface area contributed by atoms with Gasteiger partial charge in [0.25, 0.3) is 11.5 Å². The fourth-order valence-electron chi connectivity index (χ4n) is 7.74. The van der Waals surface area contributed by atoms with Crippen molar-refractivity contribution in [3.63, 3.8) is 0 Å². The van der Waals surface area contributed by atoms with Crippen molar-refractivity contribution in [2.24, 2.45) is 0 Å². The quantitative estimate of drug-likeness (QED) is 0.127. The molecule has 0 saturated carbocycles. The molecule has 0 spiro atoms. The summed E-state index contributed by atoms with van der Waals surface area (Å²) in [6, 6.07) is 18.9. The number of carbonyl (C=O) groups is 1. The molecule has 0 N–H and O–H groups in total. The van der Waals surface area contributed by atoms with E-state index in [0.29, 0.717) is 40.5 Å². The molecule has 8 rings (SSSR count). The van der Waals surface area contributed by atoms with Gasteiger partial charge in [-0.1, -0.05) is 18.7 Å². The Hall–Kier alpha value is -7.50. The molecule has 7 aromatic rings. The molecule has 1 aliphatic rings. The number of aromatic nitrogens is 3. The molecule has 66 heavy (non-hydrogen) atoms. The van der Waals surface area contributed by atoms with Gasteiger partial charge in [0.2, 0.25) is 0 Å². The van der Waals surface area contributed by atoms with Gasteiger partial charge in [-0.2, -0.15) is 26.3 Å². The number of aryl methyl sites for hydroxylation is 1. The molecule has 1 aliphatic heterocycles. The summed E-state index contributed by atoms with van der Waals surface area (Å²) in [5, 5.41) is 0. The van der Waals surface area contributed by atoms with Crippen molar-refractivity contribution in [3.8, 4) is 45.3 Å². The predicted octanol–water partition coefficient (Wildman–Crippen LogP) is 10.8. The Labute approximate surface area is 372 Å². The Balaban J connectivity index is 0.000000196. The maximum absolute atomic E-state index is 13.8. The first-order valence-electron chi connectivity index (χ1n) is 19.8. The zero-order chi connectivity index (χ0) is 47.8. The summed E-state index contributed by atoms with van der Waals surface area (Å²) in [5.41, 5.74) is 0.630. The number of rotatable bonds is 10. The molecule has 344 valence electrons. The van der Waals surface area contributed by atoms with E-state index in [0.717, 1.165) is 29.3 Å². The van der Waals surface area contributed by atoms with Crippen molar-refractivity contribution in [2.75, 3.05) is 35.0 Å². The molecule has 18 heteroatoms. The number of benzene rings is 4. The Bertz CT molecular complexity index is 3060. The molecule has 1 amide bonds. The molecule has 4 heterocycles. The van der Waals surface area contributed by atoms with Crippen LogP contribution < -0.4 is 24.5 Å². The van der Waals surface area contributed by atoms with E-state index in [1.54, 1.807) is 76.9 Å². The van der Waals surface area contributed by atoms with Gasteiger partial charge in [-0.15, -0.1) is 0 Å². The van der Waals surface area contributed by atoms with Gasteiger partial charge in [-0.05, 0) is 78.7 Å². The van der Waals surface area contributed by atoms with E-state index in [-0.39, 0.29) is 53.1 Å². The molecule has 0 bridgehead atoms. The molecule has 0 aliphatic carbocycles. The normalized spacial score (nSPS) is 12.8. The van der Waals surface area contributed by atoms with Crippen molar-refractivity contribution in [1.82, 2.24) is 18.4 Å². The molecule has 0 fully saturated rings. The fraction of sp³-hybridized carbons (Fsp3) is 0.208. The molecular formula is C48H40F8N4O6. The number of hydrogen-bond donors (Lipinski definition) is 0. The monoisotopic (exact) mass is 920 g/mol. The first-order chi connectivity index (χ1) is 31.3. The van der Waals surface area contributed by atoms with Crippen molar-refractivity contribution in [2.45, 2.75) is 32.4 Å². The van der Waals surface area contributed by atoms with E-state index in [9.17, 15) is 44.7 Å². The number of methoxy groups -OCH3 is 4. The molecule has 0 radical (unpaired) electrons. The van der Waals surface area contributed by atoms with Gasteiger partial charge >= 0.3 is 12.4 Å². The maximum Gasteiger partial charge on any atom is 0.419 e. The second-order valence-electron chi connectivity index (χ2n) is 15.1. The van der Waals surface area contributed by atoms with Gasteiger partial charge in [0.05, 0.1) is 59.2 Å². The number of alkyl halides is 6. The Morgan fingerprint density at radius 1 is 0.636 bits per heavy atom. The number of amides is 1. The second kappa shape index (κ2) is 18.2. The Morgan fingerprint density at radius 2 is 1.15 bits per heavy atom. The molecule has 4 aromatic carbocycles. The van der Waals surface area contributed by atoms with E-state index in [2.05, 4.69) is 6.58 Å². The van der Waals surface area contributed by atoms with Crippen molar-refractivity contribution >= 4 is 17.1 Å². The lowest BCUT2D eigenvalue weighted by atomic mass is 10.0. The second-order valence-corrected chi connectivity index (χ2v) is 15.1. The topological polar surface area (TPSA) is 88.6 Å². The van der Waals surface area contributed by atoms with E-state index in [1.807, 2.05) is 0 Å². The first-order valence-corrected chi connectivity index (χ1v) is 19.8. The standard InChI is InChI=1S/2C24H20F4N2O3/c2*1-14-12-29(13-16-4-6-17(32-2)11-21(16)33-3)23(31)22-18(8-9-30(14)22)15-5-7-20(25)19(10-15)24(26,27)28/h4-12H,13H2,1-3H3;4-11H,1,12-13H2,2-3H3. The fourth-order valence-corrected chi connectivity index (χ4v) is 7.74. The molecule has 10 nitrogen and oxygen atoms in total. The maximum atomic E-state index is 13.8. The third kappa shape index (κ3) is 9.07. The number of halogens is 8. The van der Waals surface area contributed by atoms with Gasteiger partial charge in [0.1, 0.15) is 45.8 Å². The van der Waals surface area contributed by atoms with Crippen LogP contribution in [0.1, 0.15) is 38.4 Å². The lowest BCUT2D eigenvalue weighted by molar-refractivity contribution is -0.140. The Kier molecular flexibility index (Phi) is 12.8. The van der Waals surface area contributed by atoms with Gasteiger partial charge in [0.15, 0.2) is 0 Å². The highest BCUT2D eigenvalue weighted by Crippen LogP contribution is 2.39. The summed E-state index contributed by atoms with van der Waals surface area (Å²) in [5.74, 6) is -0.875. The van der Waals surface area contributed by atoms with E-state index >= 15 is 0 Å². The van der Waals surface area contributed by atoms with Crippen LogP contribution in [0.15, 0.2) is 115 Å². The molecule has 0 saturated heterocycles. The third-order valence-corrected chi connectivity index (χ3v) is 11.0. The van der Waals surface area contributed by atoms with Gasteiger partial charge in [-0.3, -0.25) is 9.59 Å². The highest BCUT2D eigenvalue weighted by Gasteiger charge is 2.37. The summed E-state index contributed by atoms with van der Waals surface area (Å²) in [6.45, 7) is 6.36. The summed E-state index contributed by atoms with van der Waals surface area (Å²) in [4.78, 5) is 28.3. The lowest BCUT2D eigenvalue weighted by Crippen LogP contribution is -2.38. The number of nitrogens with zero attached hydrogens (tertiary/aromatic N) is 4. The minimum absolute atomic E-state index is 0.0857. The highest BCUT2D eigenvalue weighted by molar-refractivity contribution is 6.02.